The Hall–Kier alpha value is -2.42. The van der Waals surface area contributed by atoms with Gasteiger partial charge in [0.05, 0.1) is 6.54 Å². The smallest absolute Gasteiger partial charge is 0.325 e. The van der Waals surface area contributed by atoms with Gasteiger partial charge in [0.2, 0.25) is 0 Å². The Kier molecular flexibility index (Phi) is 4.88. The molecule has 2 aromatic rings. The number of amides is 2. The van der Waals surface area contributed by atoms with Crippen molar-refractivity contribution in [1.82, 2.24) is 20.3 Å². The van der Waals surface area contributed by atoms with E-state index in [4.69, 9.17) is 0 Å². The van der Waals surface area contributed by atoms with E-state index in [1.165, 1.54) is 17.4 Å². The number of aromatic nitrogens is 3. The largest absolute Gasteiger partial charge is 0.332 e. The van der Waals surface area contributed by atoms with Crippen molar-refractivity contribution in [3.63, 3.8) is 0 Å². The molecule has 0 aliphatic carbocycles. The summed E-state index contributed by atoms with van der Waals surface area (Å²) < 4.78 is 0. The van der Waals surface area contributed by atoms with Gasteiger partial charge in [0.1, 0.15) is 0 Å². The highest BCUT2D eigenvalue weighted by Crippen LogP contribution is 2.19. The van der Waals surface area contributed by atoms with Crippen LogP contribution in [0.5, 0.6) is 0 Å². The molecule has 2 heterocycles. The molecule has 0 saturated carbocycles. The highest BCUT2D eigenvalue weighted by Gasteiger charge is 2.06. The summed E-state index contributed by atoms with van der Waals surface area (Å²) in [4.78, 5) is 43.5. The van der Waals surface area contributed by atoms with Crippen molar-refractivity contribution in [2.45, 2.75) is 26.3 Å². The normalized spacial score (nSPS) is 10.3. The summed E-state index contributed by atoms with van der Waals surface area (Å²) in [5.41, 5.74) is -0.798. The summed E-state index contributed by atoms with van der Waals surface area (Å²) in [6.07, 6.45) is 3.68. The van der Waals surface area contributed by atoms with Gasteiger partial charge >= 0.3 is 11.7 Å². The van der Waals surface area contributed by atoms with Gasteiger partial charge in [-0.3, -0.25) is 15.1 Å². The fourth-order valence-electron chi connectivity index (χ4n) is 1.66. The number of aromatic amines is 2. The monoisotopic (exact) mass is 309 g/mol. The van der Waals surface area contributed by atoms with Gasteiger partial charge in [-0.1, -0.05) is 13.3 Å². The number of thiazole rings is 1. The first-order valence-electron chi connectivity index (χ1n) is 6.39. The number of carbonyl (C=O) groups is 1. The minimum Gasteiger partial charge on any atom is -0.332 e. The van der Waals surface area contributed by atoms with Gasteiger partial charge in [-0.25, -0.2) is 14.6 Å². The standard InChI is InChI=1S/C12H15N5O3S/c1-2-3-8-6-14-12(21-8)17-10(19)13-5-7-4-9(18)16-11(20)15-7/h4,6H,2-3,5H2,1H3,(H2,13,14,17,19)(H2,15,16,18,20). The molecule has 0 spiro atoms. The van der Waals surface area contributed by atoms with Crippen molar-refractivity contribution in [3.05, 3.63) is 43.7 Å². The highest BCUT2D eigenvalue weighted by molar-refractivity contribution is 7.15. The van der Waals surface area contributed by atoms with Crippen molar-refractivity contribution in [2.24, 2.45) is 0 Å². The molecule has 0 saturated heterocycles. The Labute approximate surface area is 123 Å². The van der Waals surface area contributed by atoms with E-state index in [-0.39, 0.29) is 6.54 Å². The van der Waals surface area contributed by atoms with E-state index >= 15 is 0 Å². The fraction of sp³-hybridized carbons (Fsp3) is 0.333. The Bertz CT molecular complexity index is 704. The van der Waals surface area contributed by atoms with E-state index in [9.17, 15) is 14.4 Å². The summed E-state index contributed by atoms with van der Waals surface area (Å²) >= 11 is 1.42. The molecule has 0 fully saturated rings. The van der Waals surface area contributed by atoms with Crippen LogP contribution in [0.2, 0.25) is 0 Å². The van der Waals surface area contributed by atoms with E-state index in [1.54, 1.807) is 6.20 Å². The minimum absolute atomic E-state index is 0.0399. The van der Waals surface area contributed by atoms with Crippen molar-refractivity contribution >= 4 is 22.5 Å². The van der Waals surface area contributed by atoms with Crippen molar-refractivity contribution in [2.75, 3.05) is 5.32 Å². The molecular formula is C12H15N5O3S. The molecule has 9 heteroatoms. The van der Waals surface area contributed by atoms with Gasteiger partial charge in [0.15, 0.2) is 5.13 Å². The number of hydrogen-bond donors (Lipinski definition) is 4. The summed E-state index contributed by atoms with van der Waals surface area (Å²) in [5.74, 6) is 0. The molecule has 0 aliphatic heterocycles. The topological polar surface area (TPSA) is 120 Å². The average molecular weight is 309 g/mol. The van der Waals surface area contributed by atoms with Crippen LogP contribution >= 0.6 is 11.3 Å². The van der Waals surface area contributed by atoms with Gasteiger partial charge in [-0.2, -0.15) is 0 Å². The molecule has 4 N–H and O–H groups in total. The van der Waals surface area contributed by atoms with Gasteiger partial charge in [0, 0.05) is 22.8 Å². The van der Waals surface area contributed by atoms with E-state index in [0.717, 1.165) is 17.7 Å². The number of nitrogens with zero attached hydrogens (tertiary/aromatic N) is 1. The van der Waals surface area contributed by atoms with Gasteiger partial charge < -0.3 is 10.3 Å². The molecule has 0 atom stereocenters. The zero-order valence-corrected chi connectivity index (χ0v) is 12.2. The van der Waals surface area contributed by atoms with Crippen molar-refractivity contribution in [1.29, 1.82) is 0 Å². The lowest BCUT2D eigenvalue weighted by atomic mass is 10.3. The quantitative estimate of drug-likeness (QED) is 0.652. The number of anilines is 1. The first-order chi connectivity index (χ1) is 10.1. The summed E-state index contributed by atoms with van der Waals surface area (Å²) in [5, 5.41) is 5.65. The fourth-order valence-corrected chi connectivity index (χ4v) is 2.57. The van der Waals surface area contributed by atoms with Gasteiger partial charge in [-0.15, -0.1) is 11.3 Å². The summed E-state index contributed by atoms with van der Waals surface area (Å²) in [6.45, 7) is 2.11. The zero-order valence-electron chi connectivity index (χ0n) is 11.4. The van der Waals surface area contributed by atoms with E-state index in [2.05, 4.69) is 27.5 Å². The molecule has 0 radical (unpaired) electrons. The third kappa shape index (κ3) is 4.56. The molecule has 0 aromatic carbocycles. The average Bonchev–Trinajstić information content (AvgIpc) is 2.83. The number of urea groups is 1. The number of nitrogens with one attached hydrogen (secondary N) is 4. The van der Waals surface area contributed by atoms with Crippen LogP contribution < -0.4 is 21.9 Å². The van der Waals surface area contributed by atoms with E-state index in [0.29, 0.717) is 10.8 Å². The lowest BCUT2D eigenvalue weighted by molar-refractivity contribution is 0.251. The molecule has 0 unspecified atom stereocenters. The van der Waals surface area contributed by atoms with Gasteiger partial charge in [0.25, 0.3) is 5.56 Å². The third-order valence-electron chi connectivity index (χ3n) is 2.53. The maximum absolute atomic E-state index is 11.7. The molecule has 112 valence electrons. The molecule has 2 amide bonds. The maximum Gasteiger partial charge on any atom is 0.325 e. The number of rotatable bonds is 5. The predicted molar refractivity (Wildman–Crippen MR) is 79.7 cm³/mol. The second kappa shape index (κ2) is 6.84. The van der Waals surface area contributed by atoms with Crippen LogP contribution in [0, 0.1) is 0 Å². The first kappa shape index (κ1) is 15.0. The lowest BCUT2D eigenvalue weighted by Crippen LogP contribution is -2.31. The lowest BCUT2D eigenvalue weighted by Gasteiger charge is -2.04. The van der Waals surface area contributed by atoms with Gasteiger partial charge in [-0.05, 0) is 6.42 Å². The third-order valence-corrected chi connectivity index (χ3v) is 3.50. The Morgan fingerprint density at radius 1 is 1.38 bits per heavy atom. The van der Waals surface area contributed by atoms with Crippen LogP contribution in [0.25, 0.3) is 0 Å². The minimum atomic E-state index is -0.608. The molecular weight excluding hydrogens is 294 g/mol. The first-order valence-corrected chi connectivity index (χ1v) is 7.20. The number of hydrogen-bond acceptors (Lipinski definition) is 5. The molecule has 21 heavy (non-hydrogen) atoms. The molecule has 0 aliphatic rings. The summed E-state index contributed by atoms with van der Waals surface area (Å²) in [6, 6.07) is 0.762. The van der Waals surface area contributed by atoms with Crippen LogP contribution in [0.3, 0.4) is 0 Å². The van der Waals surface area contributed by atoms with Crippen molar-refractivity contribution < 1.29 is 4.79 Å². The van der Waals surface area contributed by atoms with Crippen LogP contribution in [0.15, 0.2) is 21.9 Å². The Morgan fingerprint density at radius 3 is 2.90 bits per heavy atom. The molecule has 8 nitrogen and oxygen atoms in total. The molecule has 2 aromatic heterocycles. The second-order valence-corrected chi connectivity index (χ2v) is 5.42. The van der Waals surface area contributed by atoms with Crippen LogP contribution in [0.4, 0.5) is 9.93 Å². The SMILES string of the molecule is CCCc1cnc(NC(=O)NCc2cc(=O)[nH]c(=O)[nH]2)s1. The second-order valence-electron chi connectivity index (χ2n) is 4.30. The zero-order chi connectivity index (χ0) is 15.2. The maximum atomic E-state index is 11.7. The van der Waals surface area contributed by atoms with Crippen LogP contribution in [-0.4, -0.2) is 21.0 Å². The molecule has 2 rings (SSSR count). The number of carbonyl (C=O) groups excluding carboxylic acids is 1. The Balaban J connectivity index is 1.89. The van der Waals surface area contributed by atoms with Crippen molar-refractivity contribution in [3.8, 4) is 0 Å². The number of H-pyrrole nitrogens is 2. The van der Waals surface area contributed by atoms with Crippen LogP contribution in [0.1, 0.15) is 23.9 Å². The Morgan fingerprint density at radius 2 is 2.19 bits per heavy atom. The van der Waals surface area contributed by atoms with E-state index in [1.807, 2.05) is 4.98 Å². The van der Waals surface area contributed by atoms with Crippen LogP contribution in [-0.2, 0) is 13.0 Å². The van der Waals surface area contributed by atoms with E-state index < -0.39 is 17.3 Å². The number of aryl methyl sites for hydroxylation is 1. The highest BCUT2D eigenvalue weighted by atomic mass is 32.1. The predicted octanol–water partition coefficient (Wildman–Crippen LogP) is 0.794. The summed E-state index contributed by atoms with van der Waals surface area (Å²) in [7, 11) is 0. The molecule has 0 bridgehead atoms.